The molecule has 7 heteroatoms. The fourth-order valence-corrected chi connectivity index (χ4v) is 2.96. The molecule has 3 rings (SSSR count). The number of hydrogen-bond acceptors (Lipinski definition) is 6. The lowest BCUT2D eigenvalue weighted by atomic mass is 10.2. The SMILES string of the molecule is COc1cc(-c2nc(NN)c3cc(C)sc3n2)ccc1F. The van der Waals surface area contributed by atoms with Crippen LogP contribution in [0.2, 0.25) is 0 Å². The molecule has 0 unspecified atom stereocenters. The number of aromatic nitrogens is 2. The van der Waals surface area contributed by atoms with E-state index < -0.39 is 5.82 Å². The first-order valence-corrected chi connectivity index (χ1v) is 7.02. The van der Waals surface area contributed by atoms with Crippen LogP contribution in [0.4, 0.5) is 10.2 Å². The van der Waals surface area contributed by atoms with Crippen molar-refractivity contribution in [1.82, 2.24) is 9.97 Å². The van der Waals surface area contributed by atoms with Crippen LogP contribution in [-0.4, -0.2) is 17.1 Å². The second-order valence-corrected chi connectivity index (χ2v) is 5.70. The zero-order valence-corrected chi connectivity index (χ0v) is 12.3. The summed E-state index contributed by atoms with van der Waals surface area (Å²) in [4.78, 5) is 10.8. The Morgan fingerprint density at radius 2 is 2.10 bits per heavy atom. The van der Waals surface area contributed by atoms with Gasteiger partial charge in [-0.15, -0.1) is 11.3 Å². The van der Waals surface area contributed by atoms with E-state index in [0.717, 1.165) is 15.1 Å². The largest absolute Gasteiger partial charge is 0.494 e. The van der Waals surface area contributed by atoms with Crippen LogP contribution in [0.15, 0.2) is 24.3 Å². The van der Waals surface area contributed by atoms with Crippen molar-refractivity contribution in [1.29, 1.82) is 0 Å². The molecule has 0 radical (unpaired) electrons. The number of hydrazine groups is 1. The number of nitrogens with two attached hydrogens (primary N) is 1. The molecule has 3 N–H and O–H groups in total. The Bertz CT molecular complexity index is 818. The van der Waals surface area contributed by atoms with Crippen molar-refractivity contribution >= 4 is 27.4 Å². The molecule has 2 aromatic heterocycles. The minimum Gasteiger partial charge on any atom is -0.494 e. The Labute approximate surface area is 124 Å². The van der Waals surface area contributed by atoms with Gasteiger partial charge in [0.25, 0.3) is 0 Å². The van der Waals surface area contributed by atoms with E-state index in [9.17, 15) is 4.39 Å². The van der Waals surface area contributed by atoms with Gasteiger partial charge in [-0.3, -0.25) is 0 Å². The number of aryl methyl sites for hydroxylation is 1. The Hall–Kier alpha value is -2.25. The van der Waals surface area contributed by atoms with Crippen LogP contribution in [0.5, 0.6) is 5.75 Å². The van der Waals surface area contributed by atoms with E-state index in [1.807, 2.05) is 13.0 Å². The summed E-state index contributed by atoms with van der Waals surface area (Å²) < 4.78 is 18.5. The van der Waals surface area contributed by atoms with Gasteiger partial charge in [-0.25, -0.2) is 20.2 Å². The maximum Gasteiger partial charge on any atom is 0.165 e. The quantitative estimate of drug-likeness (QED) is 0.574. The van der Waals surface area contributed by atoms with Gasteiger partial charge in [0, 0.05) is 10.4 Å². The number of fused-ring (bicyclic) bond motifs is 1. The molecule has 21 heavy (non-hydrogen) atoms. The molecule has 5 nitrogen and oxygen atoms in total. The van der Waals surface area contributed by atoms with Crippen molar-refractivity contribution in [3.63, 3.8) is 0 Å². The number of rotatable bonds is 3. The van der Waals surface area contributed by atoms with Gasteiger partial charge in [-0.05, 0) is 31.2 Å². The number of thiophene rings is 1. The molecule has 0 saturated heterocycles. The minimum atomic E-state index is -0.425. The topological polar surface area (TPSA) is 73.1 Å². The van der Waals surface area contributed by atoms with E-state index in [1.165, 1.54) is 13.2 Å². The summed E-state index contributed by atoms with van der Waals surface area (Å²) in [6.07, 6.45) is 0. The van der Waals surface area contributed by atoms with Crippen molar-refractivity contribution in [2.24, 2.45) is 5.84 Å². The number of methoxy groups -OCH3 is 1. The first kappa shape index (κ1) is 13.7. The average molecular weight is 304 g/mol. The zero-order chi connectivity index (χ0) is 15.0. The number of nitrogen functional groups attached to an aromatic ring is 1. The molecule has 0 bridgehead atoms. The molecule has 0 amide bonds. The van der Waals surface area contributed by atoms with Gasteiger partial charge in [0.05, 0.1) is 12.5 Å². The highest BCUT2D eigenvalue weighted by Gasteiger charge is 2.13. The van der Waals surface area contributed by atoms with Crippen LogP contribution in [0, 0.1) is 12.7 Å². The Kier molecular flexibility index (Phi) is 3.44. The lowest BCUT2D eigenvalue weighted by Gasteiger charge is -2.07. The first-order valence-electron chi connectivity index (χ1n) is 6.21. The van der Waals surface area contributed by atoms with Crippen molar-refractivity contribution in [2.45, 2.75) is 6.92 Å². The molecular weight excluding hydrogens is 291 g/mol. The summed E-state index contributed by atoms with van der Waals surface area (Å²) in [5, 5.41) is 0.873. The number of anilines is 1. The fourth-order valence-electron chi connectivity index (χ4n) is 2.08. The van der Waals surface area contributed by atoms with Gasteiger partial charge in [0.2, 0.25) is 0 Å². The zero-order valence-electron chi connectivity index (χ0n) is 11.5. The van der Waals surface area contributed by atoms with E-state index in [-0.39, 0.29) is 5.75 Å². The third kappa shape index (κ3) is 2.41. The van der Waals surface area contributed by atoms with Gasteiger partial charge in [0.1, 0.15) is 4.83 Å². The number of hydrogen-bond donors (Lipinski definition) is 2. The van der Waals surface area contributed by atoms with Gasteiger partial charge in [-0.1, -0.05) is 0 Å². The van der Waals surface area contributed by atoms with Crippen LogP contribution in [-0.2, 0) is 0 Å². The maximum atomic E-state index is 13.5. The van der Waals surface area contributed by atoms with E-state index >= 15 is 0 Å². The van der Waals surface area contributed by atoms with Gasteiger partial charge >= 0.3 is 0 Å². The average Bonchev–Trinajstić information content (AvgIpc) is 2.86. The highest BCUT2D eigenvalue weighted by molar-refractivity contribution is 7.18. The summed E-state index contributed by atoms with van der Waals surface area (Å²) in [5.41, 5.74) is 3.25. The molecule has 0 aliphatic rings. The minimum absolute atomic E-state index is 0.154. The number of nitrogens with one attached hydrogen (secondary N) is 1. The molecule has 0 spiro atoms. The smallest absolute Gasteiger partial charge is 0.165 e. The molecule has 0 fully saturated rings. The Morgan fingerprint density at radius 1 is 1.29 bits per heavy atom. The van der Waals surface area contributed by atoms with Crippen molar-refractivity contribution in [3.8, 4) is 17.1 Å². The predicted octanol–water partition coefficient (Wildman–Crippen LogP) is 3.10. The highest BCUT2D eigenvalue weighted by Crippen LogP contribution is 2.31. The van der Waals surface area contributed by atoms with Crippen molar-refractivity contribution in [2.75, 3.05) is 12.5 Å². The van der Waals surface area contributed by atoms with Crippen LogP contribution >= 0.6 is 11.3 Å². The van der Waals surface area contributed by atoms with Crippen LogP contribution < -0.4 is 16.0 Å². The second-order valence-electron chi connectivity index (χ2n) is 4.47. The molecule has 0 atom stereocenters. The summed E-state index contributed by atoms with van der Waals surface area (Å²) in [7, 11) is 1.42. The van der Waals surface area contributed by atoms with Gasteiger partial charge in [0.15, 0.2) is 23.2 Å². The van der Waals surface area contributed by atoms with Crippen LogP contribution in [0.25, 0.3) is 21.6 Å². The third-order valence-corrected chi connectivity index (χ3v) is 4.01. The van der Waals surface area contributed by atoms with E-state index in [2.05, 4.69) is 15.4 Å². The molecule has 0 saturated carbocycles. The van der Waals surface area contributed by atoms with E-state index in [0.29, 0.717) is 17.2 Å². The van der Waals surface area contributed by atoms with Crippen LogP contribution in [0.1, 0.15) is 4.88 Å². The number of benzene rings is 1. The normalized spacial score (nSPS) is 10.9. The molecule has 2 heterocycles. The summed E-state index contributed by atoms with van der Waals surface area (Å²) in [6, 6.07) is 6.48. The molecule has 1 aromatic carbocycles. The van der Waals surface area contributed by atoms with E-state index in [1.54, 1.807) is 23.5 Å². The van der Waals surface area contributed by atoms with Crippen molar-refractivity contribution < 1.29 is 9.13 Å². The fraction of sp³-hybridized carbons (Fsp3) is 0.143. The number of nitrogens with zero attached hydrogens (tertiary/aromatic N) is 2. The molecular formula is C14H13FN4OS. The standard InChI is InChI=1S/C14H13FN4OS/c1-7-5-9-13(19-16)17-12(18-14(9)21-7)8-3-4-10(15)11(6-8)20-2/h3-6H,16H2,1-2H3,(H,17,18,19). The first-order chi connectivity index (χ1) is 10.1. The monoisotopic (exact) mass is 304 g/mol. The lowest BCUT2D eigenvalue weighted by Crippen LogP contribution is -2.09. The maximum absolute atomic E-state index is 13.5. The van der Waals surface area contributed by atoms with Gasteiger partial charge in [-0.2, -0.15) is 0 Å². The van der Waals surface area contributed by atoms with E-state index in [4.69, 9.17) is 10.6 Å². The summed E-state index contributed by atoms with van der Waals surface area (Å²) >= 11 is 1.55. The molecule has 108 valence electrons. The van der Waals surface area contributed by atoms with Crippen molar-refractivity contribution in [3.05, 3.63) is 35.0 Å². The highest BCUT2D eigenvalue weighted by atomic mass is 32.1. The Balaban J connectivity index is 2.20. The van der Waals surface area contributed by atoms with Crippen LogP contribution in [0.3, 0.4) is 0 Å². The number of ether oxygens (including phenoxy) is 1. The lowest BCUT2D eigenvalue weighted by molar-refractivity contribution is 0.387. The third-order valence-electron chi connectivity index (χ3n) is 3.06. The Morgan fingerprint density at radius 3 is 2.81 bits per heavy atom. The summed E-state index contributed by atoms with van der Waals surface area (Å²) in [6.45, 7) is 1.99. The molecule has 3 aromatic rings. The number of halogens is 1. The van der Waals surface area contributed by atoms with Gasteiger partial charge < -0.3 is 10.2 Å². The second kappa shape index (κ2) is 5.27. The predicted molar refractivity (Wildman–Crippen MR) is 81.9 cm³/mol. The molecule has 0 aliphatic heterocycles. The summed E-state index contributed by atoms with van der Waals surface area (Å²) in [5.74, 6) is 6.27. The molecule has 0 aliphatic carbocycles.